The van der Waals surface area contributed by atoms with E-state index in [2.05, 4.69) is 34.3 Å². The highest BCUT2D eigenvalue weighted by molar-refractivity contribution is 7.89. The zero-order valence-electron chi connectivity index (χ0n) is 14.7. The molecule has 0 amide bonds. The van der Waals surface area contributed by atoms with Gasteiger partial charge in [0.15, 0.2) is 0 Å². The van der Waals surface area contributed by atoms with Crippen molar-refractivity contribution >= 4 is 16.1 Å². The summed E-state index contributed by atoms with van der Waals surface area (Å²) in [7, 11) is -1.70. The Kier molecular flexibility index (Phi) is 5.36. The molecule has 0 spiro atoms. The van der Waals surface area contributed by atoms with E-state index >= 15 is 0 Å². The second-order valence-corrected chi connectivity index (χ2v) is 8.14. The van der Waals surface area contributed by atoms with Crippen LogP contribution in [0.25, 0.3) is 6.08 Å². The van der Waals surface area contributed by atoms with Crippen molar-refractivity contribution < 1.29 is 8.42 Å². The molecule has 7 heteroatoms. The van der Waals surface area contributed by atoms with Crippen molar-refractivity contribution in [2.24, 2.45) is 7.05 Å². The van der Waals surface area contributed by atoms with Gasteiger partial charge in [-0.2, -0.15) is 9.40 Å². The summed E-state index contributed by atoms with van der Waals surface area (Å²) < 4.78 is 28.7. The van der Waals surface area contributed by atoms with Crippen molar-refractivity contribution in [1.29, 1.82) is 0 Å². The maximum atomic E-state index is 12.8. The van der Waals surface area contributed by atoms with Gasteiger partial charge in [-0.05, 0) is 12.5 Å². The van der Waals surface area contributed by atoms with E-state index in [1.165, 1.54) is 11.8 Å². The van der Waals surface area contributed by atoms with Gasteiger partial charge in [0.05, 0.1) is 11.9 Å². The third kappa shape index (κ3) is 4.00. The molecule has 25 heavy (non-hydrogen) atoms. The van der Waals surface area contributed by atoms with Crippen molar-refractivity contribution in [2.45, 2.75) is 11.8 Å². The molecule has 2 heterocycles. The Morgan fingerprint density at radius 1 is 1.12 bits per heavy atom. The Labute approximate surface area is 149 Å². The lowest BCUT2D eigenvalue weighted by molar-refractivity contribution is 0.204. The fourth-order valence-corrected chi connectivity index (χ4v) is 4.53. The third-order valence-corrected chi connectivity index (χ3v) is 6.61. The normalized spacial score (nSPS) is 17.4. The van der Waals surface area contributed by atoms with Crippen LogP contribution in [0.15, 0.2) is 47.5 Å². The standard InChI is InChI=1S/C18H24N4O2S/c1-16-18(15-19-20(16)2)25(23,24)22-13-11-21(12-14-22)10-6-9-17-7-4-3-5-8-17/h3-9,15H,10-14H2,1-2H3/b9-6+. The predicted molar refractivity (Wildman–Crippen MR) is 98.6 cm³/mol. The summed E-state index contributed by atoms with van der Waals surface area (Å²) in [5.74, 6) is 0. The summed E-state index contributed by atoms with van der Waals surface area (Å²) in [6, 6.07) is 10.2. The van der Waals surface area contributed by atoms with E-state index in [-0.39, 0.29) is 0 Å². The Morgan fingerprint density at radius 2 is 1.80 bits per heavy atom. The molecule has 134 valence electrons. The molecule has 1 aliphatic heterocycles. The molecule has 1 fully saturated rings. The van der Waals surface area contributed by atoms with Crippen LogP contribution in [-0.4, -0.2) is 60.1 Å². The van der Waals surface area contributed by atoms with Gasteiger partial charge in [-0.15, -0.1) is 0 Å². The summed E-state index contributed by atoms with van der Waals surface area (Å²) in [5.41, 5.74) is 1.85. The first-order chi connectivity index (χ1) is 12.0. The number of rotatable bonds is 5. The maximum absolute atomic E-state index is 12.8. The third-order valence-electron chi connectivity index (χ3n) is 4.61. The number of nitrogens with zero attached hydrogens (tertiary/aromatic N) is 4. The van der Waals surface area contributed by atoms with Gasteiger partial charge in [0.1, 0.15) is 4.90 Å². The van der Waals surface area contributed by atoms with E-state index in [1.54, 1.807) is 23.0 Å². The number of piperazine rings is 1. The monoisotopic (exact) mass is 360 g/mol. The van der Waals surface area contributed by atoms with Gasteiger partial charge in [-0.3, -0.25) is 9.58 Å². The van der Waals surface area contributed by atoms with Crippen molar-refractivity contribution in [3.63, 3.8) is 0 Å². The van der Waals surface area contributed by atoms with E-state index < -0.39 is 10.0 Å². The number of aromatic nitrogens is 2. The van der Waals surface area contributed by atoms with E-state index in [9.17, 15) is 8.42 Å². The van der Waals surface area contributed by atoms with Crippen molar-refractivity contribution in [3.05, 3.63) is 53.9 Å². The Hall–Kier alpha value is -1.96. The lowest BCUT2D eigenvalue weighted by Crippen LogP contribution is -2.48. The molecule has 2 aromatic rings. The number of aryl methyl sites for hydroxylation is 1. The number of hydrogen-bond donors (Lipinski definition) is 0. The Balaban J connectivity index is 1.56. The summed E-state index contributed by atoms with van der Waals surface area (Å²) in [6.45, 7) is 5.10. The van der Waals surface area contributed by atoms with Crippen LogP contribution in [0, 0.1) is 6.92 Å². The summed E-state index contributed by atoms with van der Waals surface area (Å²) >= 11 is 0. The van der Waals surface area contributed by atoms with Crippen LogP contribution in [0.4, 0.5) is 0 Å². The molecule has 0 unspecified atom stereocenters. The van der Waals surface area contributed by atoms with Crippen LogP contribution >= 0.6 is 0 Å². The molecule has 0 saturated carbocycles. The summed E-state index contributed by atoms with van der Waals surface area (Å²) in [5, 5.41) is 4.05. The minimum absolute atomic E-state index is 0.312. The van der Waals surface area contributed by atoms with Gasteiger partial charge >= 0.3 is 0 Å². The molecule has 0 aliphatic carbocycles. The molecule has 0 bridgehead atoms. The predicted octanol–water partition coefficient (Wildman–Crippen LogP) is 1.75. The maximum Gasteiger partial charge on any atom is 0.246 e. The first-order valence-corrected chi connectivity index (χ1v) is 9.85. The number of hydrogen-bond acceptors (Lipinski definition) is 4. The molecule has 1 aliphatic rings. The van der Waals surface area contributed by atoms with Crippen LogP contribution in [0.3, 0.4) is 0 Å². The second kappa shape index (κ2) is 7.51. The molecular formula is C18H24N4O2S. The van der Waals surface area contributed by atoms with Crippen molar-refractivity contribution in [1.82, 2.24) is 19.0 Å². The zero-order chi connectivity index (χ0) is 17.9. The van der Waals surface area contributed by atoms with Crippen LogP contribution in [0.2, 0.25) is 0 Å². The average molecular weight is 360 g/mol. The summed E-state index contributed by atoms with van der Waals surface area (Å²) in [4.78, 5) is 2.58. The molecule has 3 rings (SSSR count). The lowest BCUT2D eigenvalue weighted by atomic mass is 10.2. The van der Waals surface area contributed by atoms with E-state index in [1.807, 2.05) is 18.2 Å². The fourth-order valence-electron chi connectivity index (χ4n) is 2.93. The van der Waals surface area contributed by atoms with E-state index in [0.29, 0.717) is 23.7 Å². The average Bonchev–Trinajstić information content (AvgIpc) is 2.96. The Bertz CT molecular complexity index is 835. The number of sulfonamides is 1. The van der Waals surface area contributed by atoms with Crippen LogP contribution in [0.5, 0.6) is 0 Å². The quantitative estimate of drug-likeness (QED) is 0.815. The Morgan fingerprint density at radius 3 is 2.40 bits per heavy atom. The highest BCUT2D eigenvalue weighted by Crippen LogP contribution is 2.20. The van der Waals surface area contributed by atoms with Gasteiger partial charge in [0.2, 0.25) is 10.0 Å². The second-order valence-electron chi connectivity index (χ2n) is 6.24. The van der Waals surface area contributed by atoms with Crippen molar-refractivity contribution in [2.75, 3.05) is 32.7 Å². The van der Waals surface area contributed by atoms with Crippen LogP contribution < -0.4 is 0 Å². The SMILES string of the molecule is Cc1c(S(=O)(=O)N2CCN(C/C=C/c3ccccc3)CC2)cnn1C. The highest BCUT2D eigenvalue weighted by Gasteiger charge is 2.30. The molecule has 0 radical (unpaired) electrons. The van der Waals surface area contributed by atoms with Gasteiger partial charge < -0.3 is 0 Å². The van der Waals surface area contributed by atoms with Crippen molar-refractivity contribution in [3.8, 4) is 0 Å². The minimum atomic E-state index is -3.45. The van der Waals surface area contributed by atoms with Crippen LogP contribution in [0.1, 0.15) is 11.3 Å². The molecule has 0 atom stereocenters. The van der Waals surface area contributed by atoms with E-state index in [0.717, 1.165) is 19.6 Å². The van der Waals surface area contributed by atoms with Gasteiger partial charge in [0, 0.05) is 39.8 Å². The lowest BCUT2D eigenvalue weighted by Gasteiger charge is -2.33. The van der Waals surface area contributed by atoms with Gasteiger partial charge in [0.25, 0.3) is 0 Å². The molecular weight excluding hydrogens is 336 g/mol. The molecule has 0 N–H and O–H groups in total. The number of benzene rings is 1. The fraction of sp³-hybridized carbons (Fsp3) is 0.389. The largest absolute Gasteiger partial charge is 0.297 e. The molecule has 1 aromatic heterocycles. The highest BCUT2D eigenvalue weighted by atomic mass is 32.2. The minimum Gasteiger partial charge on any atom is -0.297 e. The smallest absolute Gasteiger partial charge is 0.246 e. The molecule has 1 saturated heterocycles. The van der Waals surface area contributed by atoms with Gasteiger partial charge in [-0.1, -0.05) is 42.5 Å². The topological polar surface area (TPSA) is 58.4 Å². The van der Waals surface area contributed by atoms with Gasteiger partial charge in [-0.25, -0.2) is 8.42 Å². The first-order valence-electron chi connectivity index (χ1n) is 8.41. The van der Waals surface area contributed by atoms with Crippen LogP contribution in [-0.2, 0) is 17.1 Å². The summed E-state index contributed by atoms with van der Waals surface area (Å²) in [6.07, 6.45) is 5.67. The molecule has 6 nitrogen and oxygen atoms in total. The first kappa shape index (κ1) is 17.8. The zero-order valence-corrected chi connectivity index (χ0v) is 15.5. The van der Waals surface area contributed by atoms with E-state index in [4.69, 9.17) is 0 Å². The molecule has 1 aromatic carbocycles.